The van der Waals surface area contributed by atoms with Crippen LogP contribution < -0.4 is 10.4 Å². The fourth-order valence-electron chi connectivity index (χ4n) is 5.70. The van der Waals surface area contributed by atoms with Crippen LogP contribution >= 0.6 is 23.2 Å². The average molecular weight is 572 g/mol. The standard InChI is InChI=1S/C32H60Cl2Si2/c1-7-9-11-13-15-17-19-21-31(3,4)35-29-23-28(26-34)30(24-27(29)25-33)36-32(5,6)22-20-18-16-14-12-10-8-2/h23-24H,7-22,25-26,35-36H2,1-6H3. The number of hydrogen-bond acceptors (Lipinski definition) is 0. The molecule has 1 aromatic carbocycles. The Labute approximate surface area is 241 Å². The van der Waals surface area contributed by atoms with Crippen LogP contribution in [0.25, 0.3) is 0 Å². The molecule has 4 heteroatoms. The molecule has 0 N–H and O–H groups in total. The van der Waals surface area contributed by atoms with Crippen molar-refractivity contribution in [2.45, 2.75) is 166 Å². The van der Waals surface area contributed by atoms with E-state index in [4.69, 9.17) is 23.2 Å². The van der Waals surface area contributed by atoms with Gasteiger partial charge in [-0.15, -0.1) is 23.2 Å². The summed E-state index contributed by atoms with van der Waals surface area (Å²) in [6.45, 7) is 14.6. The molecule has 0 fully saturated rings. The van der Waals surface area contributed by atoms with Crippen molar-refractivity contribution in [2.75, 3.05) is 0 Å². The maximum atomic E-state index is 6.55. The van der Waals surface area contributed by atoms with E-state index in [0.717, 1.165) is 0 Å². The summed E-state index contributed by atoms with van der Waals surface area (Å²) in [5.41, 5.74) is 2.83. The van der Waals surface area contributed by atoms with Crippen molar-refractivity contribution in [1.29, 1.82) is 0 Å². The lowest BCUT2D eigenvalue weighted by atomic mass is 10.0. The largest absolute Gasteiger partial charge is 0.122 e. The first-order chi connectivity index (χ1) is 17.2. The lowest BCUT2D eigenvalue weighted by Gasteiger charge is -2.28. The highest BCUT2D eigenvalue weighted by atomic mass is 35.5. The molecule has 0 atom stereocenters. The number of unbranched alkanes of at least 4 members (excludes halogenated alkanes) is 12. The highest BCUT2D eigenvalue weighted by Gasteiger charge is 2.24. The van der Waals surface area contributed by atoms with Crippen LogP contribution in [0.15, 0.2) is 12.1 Å². The highest BCUT2D eigenvalue weighted by molar-refractivity contribution is 6.60. The number of benzene rings is 1. The van der Waals surface area contributed by atoms with E-state index in [-0.39, 0.29) is 0 Å². The Hall–Kier alpha value is 0.234. The number of halogens is 2. The van der Waals surface area contributed by atoms with Crippen LogP contribution in [0, 0.1) is 0 Å². The first-order valence-corrected chi connectivity index (χ1v) is 19.3. The Bertz CT molecular complexity index is 640. The maximum absolute atomic E-state index is 6.55. The Balaban J connectivity index is 2.69. The number of rotatable bonds is 22. The molecular weight excluding hydrogens is 511 g/mol. The Kier molecular flexibility index (Phi) is 18.4. The van der Waals surface area contributed by atoms with E-state index in [2.05, 4.69) is 53.7 Å². The summed E-state index contributed by atoms with van der Waals surface area (Å²) in [5, 5.41) is 4.05. The smallest absolute Gasteiger partial charge is 0.0608 e. The van der Waals surface area contributed by atoms with Crippen LogP contribution in [0.5, 0.6) is 0 Å². The predicted molar refractivity (Wildman–Crippen MR) is 175 cm³/mol. The zero-order chi connectivity index (χ0) is 26.9. The third-order valence-electron chi connectivity index (χ3n) is 8.06. The van der Waals surface area contributed by atoms with Gasteiger partial charge < -0.3 is 0 Å². The number of hydrogen-bond donors (Lipinski definition) is 0. The van der Waals surface area contributed by atoms with Gasteiger partial charge in [0.25, 0.3) is 0 Å². The van der Waals surface area contributed by atoms with Crippen molar-refractivity contribution in [1.82, 2.24) is 0 Å². The molecule has 0 spiro atoms. The van der Waals surface area contributed by atoms with E-state index in [1.165, 1.54) is 114 Å². The minimum Gasteiger partial charge on any atom is -0.122 e. The summed E-state index contributed by atoms with van der Waals surface area (Å²) in [4.78, 5) is 0. The van der Waals surface area contributed by atoms with Gasteiger partial charge in [-0.2, -0.15) is 0 Å². The molecule has 0 saturated heterocycles. The summed E-state index contributed by atoms with van der Waals surface area (Å²) < 4.78 is 0. The van der Waals surface area contributed by atoms with Gasteiger partial charge in [0.2, 0.25) is 0 Å². The summed E-state index contributed by atoms with van der Waals surface area (Å²) in [6.07, 6.45) is 22.2. The molecule has 0 aliphatic carbocycles. The monoisotopic (exact) mass is 570 g/mol. The first-order valence-electron chi connectivity index (χ1n) is 15.4. The second-order valence-corrected chi connectivity index (χ2v) is 19.7. The highest BCUT2D eigenvalue weighted by Crippen LogP contribution is 2.32. The average Bonchev–Trinajstić information content (AvgIpc) is 2.83. The summed E-state index contributed by atoms with van der Waals surface area (Å²) in [7, 11) is -0.826. The van der Waals surface area contributed by atoms with Gasteiger partial charge in [-0.05, 0) is 21.2 Å². The Morgan fingerprint density at radius 3 is 1.14 bits per heavy atom. The topological polar surface area (TPSA) is 0 Å². The lowest BCUT2D eigenvalue weighted by Crippen LogP contribution is -2.35. The molecule has 0 radical (unpaired) electrons. The van der Waals surface area contributed by atoms with Crippen molar-refractivity contribution in [3.63, 3.8) is 0 Å². The fraction of sp³-hybridized carbons (Fsp3) is 0.812. The van der Waals surface area contributed by atoms with Crippen LogP contribution in [0.4, 0.5) is 0 Å². The van der Waals surface area contributed by atoms with Gasteiger partial charge in [-0.25, -0.2) is 0 Å². The van der Waals surface area contributed by atoms with Gasteiger partial charge in [-0.3, -0.25) is 0 Å². The van der Waals surface area contributed by atoms with Crippen LogP contribution in [-0.2, 0) is 11.8 Å². The fourth-order valence-corrected chi connectivity index (χ4v) is 11.0. The minimum atomic E-state index is -0.413. The number of alkyl halides is 2. The van der Waals surface area contributed by atoms with Crippen LogP contribution in [-0.4, -0.2) is 19.0 Å². The minimum absolute atomic E-state index is 0.413. The molecule has 0 bridgehead atoms. The molecular formula is C32H60Cl2Si2. The van der Waals surface area contributed by atoms with E-state index >= 15 is 0 Å². The third kappa shape index (κ3) is 15.0. The Morgan fingerprint density at radius 1 is 0.528 bits per heavy atom. The van der Waals surface area contributed by atoms with E-state index in [0.29, 0.717) is 21.8 Å². The quantitative estimate of drug-likeness (QED) is 0.0739. The molecule has 0 aliphatic heterocycles. The second-order valence-electron chi connectivity index (χ2n) is 13.1. The second kappa shape index (κ2) is 19.3. The lowest BCUT2D eigenvalue weighted by molar-refractivity contribution is 0.522. The molecule has 36 heavy (non-hydrogen) atoms. The molecule has 210 valence electrons. The van der Waals surface area contributed by atoms with Gasteiger partial charge in [0.05, 0.1) is 19.0 Å². The maximum Gasteiger partial charge on any atom is 0.0608 e. The predicted octanol–water partition coefficient (Wildman–Crippen LogP) is 9.43. The molecule has 0 nitrogen and oxygen atoms in total. The molecule has 0 aromatic heterocycles. The van der Waals surface area contributed by atoms with Gasteiger partial charge in [0.15, 0.2) is 0 Å². The van der Waals surface area contributed by atoms with Crippen molar-refractivity contribution in [2.24, 2.45) is 0 Å². The molecule has 0 aliphatic rings. The van der Waals surface area contributed by atoms with E-state index in [9.17, 15) is 0 Å². The molecule has 1 aromatic rings. The van der Waals surface area contributed by atoms with E-state index < -0.39 is 19.0 Å². The van der Waals surface area contributed by atoms with Gasteiger partial charge in [0, 0.05) is 11.8 Å². The van der Waals surface area contributed by atoms with E-state index in [1.807, 2.05) is 0 Å². The zero-order valence-electron chi connectivity index (χ0n) is 25.1. The molecule has 0 saturated carbocycles. The van der Waals surface area contributed by atoms with Gasteiger partial charge in [-0.1, -0.05) is 167 Å². The van der Waals surface area contributed by atoms with Crippen LogP contribution in [0.3, 0.4) is 0 Å². The SMILES string of the molecule is CCCCCCCCCC(C)(C)[SiH2]c1cc(CCl)c([SiH2]C(C)(C)CCCCCCCCC)cc1CCl. The first kappa shape index (κ1) is 34.3. The van der Waals surface area contributed by atoms with Gasteiger partial charge in [0.1, 0.15) is 0 Å². The van der Waals surface area contributed by atoms with Gasteiger partial charge >= 0.3 is 0 Å². The molecule has 0 amide bonds. The van der Waals surface area contributed by atoms with E-state index in [1.54, 1.807) is 10.4 Å². The third-order valence-corrected chi connectivity index (χ3v) is 13.3. The summed E-state index contributed by atoms with van der Waals surface area (Å²) in [5.74, 6) is 1.30. The summed E-state index contributed by atoms with van der Waals surface area (Å²) in [6, 6.07) is 4.99. The molecule has 1 rings (SSSR count). The summed E-state index contributed by atoms with van der Waals surface area (Å²) >= 11 is 13.1. The Morgan fingerprint density at radius 2 is 0.833 bits per heavy atom. The molecule has 0 unspecified atom stereocenters. The van der Waals surface area contributed by atoms with Crippen molar-refractivity contribution < 1.29 is 0 Å². The zero-order valence-corrected chi connectivity index (χ0v) is 29.4. The van der Waals surface area contributed by atoms with Crippen molar-refractivity contribution >= 4 is 52.6 Å². The van der Waals surface area contributed by atoms with Crippen LogP contribution in [0.2, 0.25) is 10.1 Å². The van der Waals surface area contributed by atoms with Crippen molar-refractivity contribution in [3.8, 4) is 0 Å². The molecule has 0 heterocycles. The van der Waals surface area contributed by atoms with Crippen LogP contribution in [0.1, 0.15) is 155 Å². The normalized spacial score (nSPS) is 13.1. The van der Waals surface area contributed by atoms with Crippen molar-refractivity contribution in [3.05, 3.63) is 23.3 Å².